The Morgan fingerprint density at radius 1 is 1.31 bits per heavy atom. The van der Waals surface area contributed by atoms with Gasteiger partial charge in [0.2, 0.25) is 0 Å². The number of aliphatic carboxylic acids is 1. The lowest BCUT2D eigenvalue weighted by molar-refractivity contribution is -0.137. The molecule has 4 rings (SSSR count). The van der Waals surface area contributed by atoms with Gasteiger partial charge in [-0.2, -0.15) is 0 Å². The third-order valence-electron chi connectivity index (χ3n) is 5.59. The summed E-state index contributed by atoms with van der Waals surface area (Å²) < 4.78 is 28.9. The lowest BCUT2D eigenvalue weighted by Gasteiger charge is -2.25. The van der Waals surface area contributed by atoms with Gasteiger partial charge in [0.05, 0.1) is 27.6 Å². The SMILES string of the molecule is C[S@@](=O)c1cc(F)cc2c3c(n(Cc4ccc(Cl)cc4)c12)[C@@H](CC(=O)O)CCC3. The third-order valence-corrected chi connectivity index (χ3v) is 6.77. The van der Waals surface area contributed by atoms with Crippen LogP contribution in [0.1, 0.15) is 42.0 Å². The number of fused-ring (bicyclic) bond motifs is 3. The zero-order chi connectivity index (χ0) is 20.7. The number of carboxylic acid groups (broad SMARTS) is 1. The summed E-state index contributed by atoms with van der Waals surface area (Å²) >= 11 is 6.01. The molecule has 2 aromatic carbocycles. The summed E-state index contributed by atoms with van der Waals surface area (Å²) in [6.07, 6.45) is 3.95. The zero-order valence-corrected chi connectivity index (χ0v) is 17.5. The first kappa shape index (κ1) is 20.1. The molecule has 0 saturated carbocycles. The van der Waals surface area contributed by atoms with Gasteiger partial charge in [-0.1, -0.05) is 23.7 Å². The highest BCUT2D eigenvalue weighted by atomic mass is 35.5. The van der Waals surface area contributed by atoms with E-state index in [0.717, 1.165) is 47.0 Å². The van der Waals surface area contributed by atoms with Crippen LogP contribution in [0.3, 0.4) is 0 Å². The predicted molar refractivity (Wildman–Crippen MR) is 113 cm³/mol. The van der Waals surface area contributed by atoms with E-state index in [9.17, 15) is 18.5 Å². The molecule has 7 heteroatoms. The minimum Gasteiger partial charge on any atom is -0.481 e. The minimum atomic E-state index is -1.38. The van der Waals surface area contributed by atoms with Gasteiger partial charge >= 0.3 is 5.97 Å². The predicted octanol–water partition coefficient (Wildman–Crippen LogP) is 5.11. The Bertz CT molecular complexity index is 1120. The van der Waals surface area contributed by atoms with Crippen molar-refractivity contribution in [2.24, 2.45) is 0 Å². The van der Waals surface area contributed by atoms with Gasteiger partial charge in [0.25, 0.3) is 0 Å². The van der Waals surface area contributed by atoms with Crippen LogP contribution in [0, 0.1) is 5.82 Å². The number of rotatable bonds is 5. The van der Waals surface area contributed by atoms with E-state index in [1.807, 2.05) is 24.3 Å². The lowest BCUT2D eigenvalue weighted by Crippen LogP contribution is -2.17. The van der Waals surface area contributed by atoms with E-state index in [1.54, 1.807) is 6.26 Å². The third kappa shape index (κ3) is 3.83. The van der Waals surface area contributed by atoms with Crippen molar-refractivity contribution in [3.05, 3.63) is 64.1 Å². The van der Waals surface area contributed by atoms with E-state index >= 15 is 0 Å². The number of aryl methyl sites for hydroxylation is 1. The first-order chi connectivity index (χ1) is 13.8. The Kier molecular flexibility index (Phi) is 5.49. The summed E-state index contributed by atoms with van der Waals surface area (Å²) in [5, 5.41) is 10.8. The van der Waals surface area contributed by atoms with Crippen LogP contribution in [0.25, 0.3) is 10.9 Å². The molecule has 2 atom stereocenters. The summed E-state index contributed by atoms with van der Waals surface area (Å²) in [4.78, 5) is 11.9. The van der Waals surface area contributed by atoms with Crippen LogP contribution in [0.2, 0.25) is 5.02 Å². The maximum Gasteiger partial charge on any atom is 0.304 e. The molecule has 3 aromatic rings. The summed E-state index contributed by atoms with van der Waals surface area (Å²) in [5.74, 6) is -1.43. The Balaban J connectivity index is 2.00. The van der Waals surface area contributed by atoms with Gasteiger partial charge in [0.15, 0.2) is 0 Å². The number of benzene rings is 2. The van der Waals surface area contributed by atoms with Crippen molar-refractivity contribution in [3.63, 3.8) is 0 Å². The molecule has 0 fully saturated rings. The fourth-order valence-corrected chi connectivity index (χ4v) is 5.36. The van der Waals surface area contributed by atoms with E-state index < -0.39 is 22.6 Å². The van der Waals surface area contributed by atoms with Crippen LogP contribution in [0.5, 0.6) is 0 Å². The van der Waals surface area contributed by atoms with Gasteiger partial charge in [0, 0.05) is 34.8 Å². The molecule has 0 bridgehead atoms. The van der Waals surface area contributed by atoms with Crippen LogP contribution in [0.4, 0.5) is 4.39 Å². The van der Waals surface area contributed by atoms with Crippen molar-refractivity contribution in [2.75, 3.05) is 6.26 Å². The van der Waals surface area contributed by atoms with Crippen molar-refractivity contribution in [3.8, 4) is 0 Å². The Hall–Kier alpha value is -2.18. The average molecular weight is 434 g/mol. The van der Waals surface area contributed by atoms with Gasteiger partial charge in [0.1, 0.15) is 5.82 Å². The van der Waals surface area contributed by atoms with Crippen LogP contribution in [-0.4, -0.2) is 26.1 Å². The average Bonchev–Trinajstić information content (AvgIpc) is 2.97. The first-order valence-corrected chi connectivity index (χ1v) is 11.4. The molecule has 1 aromatic heterocycles. The van der Waals surface area contributed by atoms with Crippen molar-refractivity contribution in [1.29, 1.82) is 0 Å². The number of carboxylic acids is 1. The molecule has 0 spiro atoms. The molecule has 152 valence electrons. The molecule has 1 aliphatic rings. The van der Waals surface area contributed by atoms with E-state index in [0.29, 0.717) is 16.5 Å². The van der Waals surface area contributed by atoms with Crippen molar-refractivity contribution in [2.45, 2.75) is 43.0 Å². The highest BCUT2D eigenvalue weighted by molar-refractivity contribution is 7.84. The summed E-state index contributed by atoms with van der Waals surface area (Å²) in [6.45, 7) is 0.481. The van der Waals surface area contributed by atoms with Gasteiger partial charge in [-0.05, 0) is 54.7 Å². The second-order valence-electron chi connectivity index (χ2n) is 7.52. The van der Waals surface area contributed by atoms with Gasteiger partial charge in [-0.25, -0.2) is 4.39 Å². The monoisotopic (exact) mass is 433 g/mol. The molecule has 4 nitrogen and oxygen atoms in total. The maximum atomic E-state index is 14.4. The molecule has 0 unspecified atom stereocenters. The Morgan fingerprint density at radius 3 is 2.69 bits per heavy atom. The molecule has 0 aliphatic heterocycles. The Morgan fingerprint density at radius 2 is 2.03 bits per heavy atom. The minimum absolute atomic E-state index is 0.0248. The van der Waals surface area contributed by atoms with Gasteiger partial charge < -0.3 is 9.67 Å². The molecular weight excluding hydrogens is 413 g/mol. The number of carbonyl (C=O) groups is 1. The summed E-state index contributed by atoms with van der Waals surface area (Å²) in [6, 6.07) is 10.3. The van der Waals surface area contributed by atoms with Crippen molar-refractivity contribution >= 4 is 39.3 Å². The first-order valence-electron chi connectivity index (χ1n) is 9.49. The van der Waals surface area contributed by atoms with Crippen LogP contribution in [0.15, 0.2) is 41.3 Å². The highest BCUT2D eigenvalue weighted by Crippen LogP contribution is 2.42. The van der Waals surface area contributed by atoms with Crippen LogP contribution >= 0.6 is 11.6 Å². The fourth-order valence-electron chi connectivity index (χ4n) is 4.46. The molecule has 0 saturated heterocycles. The number of halogens is 2. The molecular formula is C22H21ClFNO3S. The number of hydrogen-bond donors (Lipinski definition) is 1. The fraction of sp³-hybridized carbons (Fsp3) is 0.318. The smallest absolute Gasteiger partial charge is 0.304 e. The lowest BCUT2D eigenvalue weighted by atomic mass is 9.84. The zero-order valence-electron chi connectivity index (χ0n) is 16.0. The van der Waals surface area contributed by atoms with E-state index in [1.165, 1.54) is 12.1 Å². The van der Waals surface area contributed by atoms with E-state index in [-0.39, 0.29) is 12.3 Å². The molecule has 29 heavy (non-hydrogen) atoms. The van der Waals surface area contributed by atoms with Crippen LogP contribution in [-0.2, 0) is 28.6 Å². The number of hydrogen-bond acceptors (Lipinski definition) is 2. The maximum absolute atomic E-state index is 14.4. The van der Waals surface area contributed by atoms with Crippen molar-refractivity contribution in [1.82, 2.24) is 4.57 Å². The molecule has 1 heterocycles. The summed E-state index contributed by atoms with van der Waals surface area (Å²) in [7, 11) is -1.38. The second-order valence-corrected chi connectivity index (χ2v) is 9.30. The number of aromatic nitrogens is 1. The van der Waals surface area contributed by atoms with Crippen molar-refractivity contribution < 1.29 is 18.5 Å². The summed E-state index contributed by atoms with van der Waals surface area (Å²) in [5.41, 5.74) is 3.65. The van der Waals surface area contributed by atoms with E-state index in [4.69, 9.17) is 11.6 Å². The Labute approximate surface area is 175 Å². The largest absolute Gasteiger partial charge is 0.481 e. The van der Waals surface area contributed by atoms with Crippen LogP contribution < -0.4 is 0 Å². The highest BCUT2D eigenvalue weighted by Gasteiger charge is 2.31. The van der Waals surface area contributed by atoms with Gasteiger partial charge in [-0.15, -0.1) is 0 Å². The quantitative estimate of drug-likeness (QED) is 0.608. The molecule has 0 amide bonds. The standard InChI is InChI=1S/C22H21ClFNO3S/c1-29(28)19-11-16(24)10-18-17-4-2-3-14(9-20(26)27)21(17)25(22(18)19)12-13-5-7-15(23)8-6-13/h5-8,10-11,14H,2-4,9,12H2,1H3,(H,26,27)/t14-,29-/m1/s1. The molecule has 0 radical (unpaired) electrons. The van der Waals surface area contributed by atoms with Gasteiger partial charge in [-0.3, -0.25) is 9.00 Å². The normalized spacial score (nSPS) is 17.3. The number of nitrogens with zero attached hydrogens (tertiary/aromatic N) is 1. The van der Waals surface area contributed by atoms with E-state index in [2.05, 4.69) is 4.57 Å². The second kappa shape index (κ2) is 7.92. The molecule has 1 N–H and O–H groups in total. The molecule has 1 aliphatic carbocycles. The topological polar surface area (TPSA) is 59.3 Å².